The van der Waals surface area contributed by atoms with Gasteiger partial charge in [0, 0.05) is 11.1 Å². The summed E-state index contributed by atoms with van der Waals surface area (Å²) in [5.74, 6) is -0.314. The molecule has 0 aliphatic heterocycles. The minimum atomic E-state index is -4.06. The first-order valence-corrected chi connectivity index (χ1v) is 7.31. The topological polar surface area (TPSA) is 86.6 Å². The lowest BCUT2D eigenvalue weighted by molar-refractivity contribution is 0.477. The summed E-state index contributed by atoms with van der Waals surface area (Å²) in [5, 5.41) is 14.2. The number of rotatable bonds is 3. The first kappa shape index (κ1) is 13.6. The van der Waals surface area contributed by atoms with E-state index in [-0.39, 0.29) is 5.75 Å². The van der Waals surface area contributed by atoms with Crippen molar-refractivity contribution in [3.8, 4) is 5.75 Å². The molecule has 5 nitrogen and oxygen atoms in total. The van der Waals surface area contributed by atoms with Gasteiger partial charge in [-0.05, 0) is 48.6 Å². The van der Waals surface area contributed by atoms with Crippen molar-refractivity contribution in [1.29, 1.82) is 0 Å². The molecule has 0 radical (unpaired) electrons. The van der Waals surface area contributed by atoms with Crippen LogP contribution >= 0.6 is 0 Å². The van der Waals surface area contributed by atoms with Gasteiger partial charge in [-0.2, -0.15) is 8.42 Å². The summed E-state index contributed by atoms with van der Waals surface area (Å²) in [6, 6.07) is 7.02. The van der Waals surface area contributed by atoms with Gasteiger partial charge in [0.25, 0.3) is 10.1 Å². The predicted octanol–water partition coefficient (Wildman–Crippen LogP) is 2.42. The van der Waals surface area contributed by atoms with Gasteiger partial charge in [0.2, 0.25) is 0 Å². The molecule has 0 atom stereocenters. The molecular weight excluding hydrogens is 266 g/mol. The van der Waals surface area contributed by atoms with Gasteiger partial charge in [-0.25, -0.2) is 0 Å². The SMILES string of the molecule is Cc1cc2cc(NCS(=O)(=O)O)ccc2c(O)c1C. The van der Waals surface area contributed by atoms with Crippen LogP contribution in [0.15, 0.2) is 24.3 Å². The standard InChI is InChI=1S/C13H15NO4S/c1-8-5-10-6-11(14-7-19(16,17)18)3-4-12(10)13(15)9(8)2/h3-6,14-15H,7H2,1-2H3,(H,16,17,18). The highest BCUT2D eigenvalue weighted by atomic mass is 32.2. The molecule has 6 heteroatoms. The van der Waals surface area contributed by atoms with Crippen molar-refractivity contribution in [1.82, 2.24) is 0 Å². The number of phenols is 1. The summed E-state index contributed by atoms with van der Waals surface area (Å²) in [6.07, 6.45) is 0. The Morgan fingerprint density at radius 2 is 1.89 bits per heavy atom. The smallest absolute Gasteiger partial charge is 0.283 e. The zero-order chi connectivity index (χ0) is 14.2. The second kappa shape index (κ2) is 4.71. The lowest BCUT2D eigenvalue weighted by atomic mass is 10.0. The molecule has 2 aromatic carbocycles. The third-order valence-electron chi connectivity index (χ3n) is 3.08. The van der Waals surface area contributed by atoms with E-state index >= 15 is 0 Å². The summed E-state index contributed by atoms with van der Waals surface area (Å²) in [5.41, 5.74) is 2.34. The van der Waals surface area contributed by atoms with Gasteiger partial charge in [-0.15, -0.1) is 0 Å². The van der Waals surface area contributed by atoms with Crippen LogP contribution in [-0.2, 0) is 10.1 Å². The van der Waals surface area contributed by atoms with Crippen molar-refractivity contribution >= 4 is 26.6 Å². The lowest BCUT2D eigenvalue weighted by Crippen LogP contribution is -2.12. The van der Waals surface area contributed by atoms with Crippen molar-refractivity contribution in [3.63, 3.8) is 0 Å². The summed E-state index contributed by atoms with van der Waals surface area (Å²) in [6.45, 7) is 3.74. The molecule has 0 aromatic heterocycles. The summed E-state index contributed by atoms with van der Waals surface area (Å²) < 4.78 is 30.0. The van der Waals surface area contributed by atoms with Crippen molar-refractivity contribution in [2.75, 3.05) is 11.2 Å². The number of benzene rings is 2. The Hall–Kier alpha value is -1.79. The maximum absolute atomic E-state index is 10.7. The molecule has 0 amide bonds. The molecular formula is C13H15NO4S. The van der Waals surface area contributed by atoms with Crippen LogP contribution in [0.2, 0.25) is 0 Å². The molecule has 0 aliphatic carbocycles. The lowest BCUT2D eigenvalue weighted by Gasteiger charge is -2.10. The van der Waals surface area contributed by atoms with Crippen LogP contribution in [0.25, 0.3) is 10.8 Å². The maximum atomic E-state index is 10.7. The fraction of sp³-hybridized carbons (Fsp3) is 0.231. The van der Waals surface area contributed by atoms with Crippen LogP contribution in [-0.4, -0.2) is 24.0 Å². The van der Waals surface area contributed by atoms with Gasteiger partial charge in [0.05, 0.1) is 0 Å². The Kier molecular flexibility index (Phi) is 3.38. The number of anilines is 1. The van der Waals surface area contributed by atoms with E-state index in [2.05, 4.69) is 5.32 Å². The largest absolute Gasteiger partial charge is 0.507 e. The molecule has 0 saturated carbocycles. The summed E-state index contributed by atoms with van der Waals surface area (Å²) >= 11 is 0. The molecule has 2 aromatic rings. The van der Waals surface area contributed by atoms with Crippen LogP contribution in [0.4, 0.5) is 5.69 Å². The molecule has 19 heavy (non-hydrogen) atoms. The second-order valence-corrected chi connectivity index (χ2v) is 5.96. The molecule has 0 unspecified atom stereocenters. The number of hydrogen-bond donors (Lipinski definition) is 3. The van der Waals surface area contributed by atoms with Crippen LogP contribution < -0.4 is 5.32 Å². The first-order chi connectivity index (χ1) is 8.78. The van der Waals surface area contributed by atoms with E-state index in [1.165, 1.54) is 0 Å². The molecule has 0 fully saturated rings. The van der Waals surface area contributed by atoms with Crippen molar-refractivity contribution in [2.45, 2.75) is 13.8 Å². The van der Waals surface area contributed by atoms with Crippen LogP contribution in [0.5, 0.6) is 5.75 Å². The summed E-state index contributed by atoms with van der Waals surface area (Å²) in [7, 11) is -4.06. The normalized spacial score (nSPS) is 11.7. The minimum Gasteiger partial charge on any atom is -0.507 e. The highest BCUT2D eigenvalue weighted by molar-refractivity contribution is 7.85. The van der Waals surface area contributed by atoms with Gasteiger partial charge in [0.15, 0.2) is 0 Å². The van der Waals surface area contributed by atoms with Gasteiger partial charge < -0.3 is 10.4 Å². The minimum absolute atomic E-state index is 0.233. The zero-order valence-corrected chi connectivity index (χ0v) is 11.5. The Labute approximate surface area is 111 Å². The first-order valence-electron chi connectivity index (χ1n) is 5.70. The average Bonchev–Trinajstić information content (AvgIpc) is 2.32. The van der Waals surface area contributed by atoms with E-state index in [1.54, 1.807) is 18.2 Å². The molecule has 0 aliphatic rings. The van der Waals surface area contributed by atoms with Crippen LogP contribution in [0, 0.1) is 13.8 Å². The monoisotopic (exact) mass is 281 g/mol. The third-order valence-corrected chi connectivity index (χ3v) is 3.59. The highest BCUT2D eigenvalue weighted by Gasteiger charge is 2.08. The third kappa shape index (κ3) is 2.97. The molecule has 0 heterocycles. The van der Waals surface area contributed by atoms with Gasteiger partial charge in [-0.3, -0.25) is 4.55 Å². The number of fused-ring (bicyclic) bond motifs is 1. The number of phenolic OH excluding ortho intramolecular Hbond substituents is 1. The molecule has 0 saturated heterocycles. The quantitative estimate of drug-likeness (QED) is 0.752. The zero-order valence-electron chi connectivity index (χ0n) is 10.6. The maximum Gasteiger partial charge on any atom is 0.283 e. The van der Waals surface area contributed by atoms with E-state index < -0.39 is 16.0 Å². The van der Waals surface area contributed by atoms with Gasteiger partial charge in [-0.1, -0.05) is 6.07 Å². The second-order valence-electron chi connectivity index (χ2n) is 4.51. The number of nitrogens with one attached hydrogen (secondary N) is 1. The van der Waals surface area contributed by atoms with Gasteiger partial charge in [0.1, 0.15) is 11.6 Å². The Bertz CT molecular complexity index is 738. The van der Waals surface area contributed by atoms with E-state index in [4.69, 9.17) is 4.55 Å². The van der Waals surface area contributed by atoms with E-state index in [9.17, 15) is 13.5 Å². The number of aromatic hydroxyl groups is 1. The van der Waals surface area contributed by atoms with E-state index in [0.717, 1.165) is 16.5 Å². The fourth-order valence-electron chi connectivity index (χ4n) is 1.91. The van der Waals surface area contributed by atoms with E-state index in [1.807, 2.05) is 19.9 Å². The molecule has 2 rings (SSSR count). The molecule has 3 N–H and O–H groups in total. The predicted molar refractivity (Wildman–Crippen MR) is 75.1 cm³/mol. The number of aryl methyl sites for hydroxylation is 1. The summed E-state index contributed by atoms with van der Waals surface area (Å²) in [4.78, 5) is 0. The Morgan fingerprint density at radius 1 is 1.21 bits per heavy atom. The van der Waals surface area contributed by atoms with Gasteiger partial charge >= 0.3 is 0 Å². The van der Waals surface area contributed by atoms with Crippen molar-refractivity contribution in [2.24, 2.45) is 0 Å². The van der Waals surface area contributed by atoms with Crippen molar-refractivity contribution in [3.05, 3.63) is 35.4 Å². The number of hydrogen-bond acceptors (Lipinski definition) is 4. The van der Waals surface area contributed by atoms with Crippen LogP contribution in [0.1, 0.15) is 11.1 Å². The fourth-order valence-corrected chi connectivity index (χ4v) is 2.26. The van der Waals surface area contributed by atoms with Crippen molar-refractivity contribution < 1.29 is 18.1 Å². The Balaban J connectivity index is 2.44. The highest BCUT2D eigenvalue weighted by Crippen LogP contribution is 2.32. The van der Waals surface area contributed by atoms with E-state index in [0.29, 0.717) is 11.1 Å². The molecule has 0 bridgehead atoms. The van der Waals surface area contributed by atoms with Crippen LogP contribution in [0.3, 0.4) is 0 Å². The Morgan fingerprint density at radius 3 is 2.53 bits per heavy atom. The molecule has 0 spiro atoms. The molecule has 102 valence electrons. The average molecular weight is 281 g/mol.